The predicted octanol–water partition coefficient (Wildman–Crippen LogP) is 4.09. The Bertz CT molecular complexity index is 778. The quantitative estimate of drug-likeness (QED) is 0.506. The van der Waals surface area contributed by atoms with Crippen molar-refractivity contribution in [3.05, 3.63) is 34.3 Å². The second-order valence-electron chi connectivity index (χ2n) is 6.00. The summed E-state index contributed by atoms with van der Waals surface area (Å²) in [6, 6.07) is 7.49. The third kappa shape index (κ3) is 5.52. The number of hydrogen-bond acceptors (Lipinski definition) is 6. The topological polar surface area (TPSA) is 84.0 Å². The molecule has 0 bridgehead atoms. The molecule has 0 aliphatic heterocycles. The van der Waals surface area contributed by atoms with E-state index in [0.29, 0.717) is 26.8 Å². The Kier molecular flexibility index (Phi) is 7.04. The Morgan fingerprint density at radius 2 is 1.96 bits per heavy atom. The van der Waals surface area contributed by atoms with Crippen molar-refractivity contribution < 1.29 is 9.59 Å². The van der Waals surface area contributed by atoms with Crippen LogP contribution >= 0.6 is 39.0 Å². The summed E-state index contributed by atoms with van der Waals surface area (Å²) in [7, 11) is 0. The summed E-state index contributed by atoms with van der Waals surface area (Å²) in [5, 5.41) is 14.2. The Morgan fingerprint density at radius 3 is 2.73 bits per heavy atom. The summed E-state index contributed by atoms with van der Waals surface area (Å²) >= 11 is 5.95. The second-order valence-corrected chi connectivity index (χ2v) is 9.05. The lowest BCUT2D eigenvalue weighted by Gasteiger charge is -2.22. The number of nitrogens with one attached hydrogen (secondary N) is 2. The molecule has 0 spiro atoms. The first-order chi connectivity index (χ1) is 12.6. The average Bonchev–Trinajstić information content (AvgIpc) is 3.08. The van der Waals surface area contributed by atoms with E-state index in [1.807, 2.05) is 6.07 Å². The van der Waals surface area contributed by atoms with Crippen molar-refractivity contribution in [1.29, 1.82) is 0 Å². The summed E-state index contributed by atoms with van der Waals surface area (Å²) in [6.45, 7) is 0. The van der Waals surface area contributed by atoms with Crippen LogP contribution in [-0.2, 0) is 4.79 Å². The van der Waals surface area contributed by atoms with Gasteiger partial charge in [0.2, 0.25) is 11.0 Å². The number of rotatable bonds is 6. The van der Waals surface area contributed by atoms with E-state index < -0.39 is 0 Å². The Labute approximate surface area is 168 Å². The molecule has 1 aliphatic rings. The first kappa shape index (κ1) is 19.3. The van der Waals surface area contributed by atoms with Gasteiger partial charge in [-0.3, -0.25) is 14.9 Å². The van der Waals surface area contributed by atoms with Crippen LogP contribution in [0.4, 0.5) is 5.13 Å². The number of aromatic nitrogens is 2. The summed E-state index contributed by atoms with van der Waals surface area (Å²) < 4.78 is 1.38. The molecule has 6 nitrogen and oxygen atoms in total. The van der Waals surface area contributed by atoms with E-state index in [4.69, 9.17) is 0 Å². The van der Waals surface area contributed by atoms with Gasteiger partial charge in [0.25, 0.3) is 5.91 Å². The van der Waals surface area contributed by atoms with E-state index in [9.17, 15) is 9.59 Å². The molecule has 0 atom stereocenters. The first-order valence-corrected chi connectivity index (χ1v) is 11.0. The molecule has 2 aromatic rings. The number of thioether (sulfide) groups is 1. The fourth-order valence-corrected chi connectivity index (χ4v) is 4.79. The van der Waals surface area contributed by atoms with Crippen LogP contribution in [0.1, 0.15) is 42.5 Å². The molecule has 1 heterocycles. The predicted molar refractivity (Wildman–Crippen MR) is 108 cm³/mol. The van der Waals surface area contributed by atoms with Crippen LogP contribution in [-0.4, -0.2) is 33.8 Å². The highest BCUT2D eigenvalue weighted by Gasteiger charge is 2.17. The van der Waals surface area contributed by atoms with Crippen LogP contribution in [0, 0.1) is 0 Å². The SMILES string of the molecule is O=C(CSc1nnc(NC(=O)c2ccccc2Br)s1)NC1CCCCC1. The van der Waals surface area contributed by atoms with E-state index in [-0.39, 0.29) is 11.8 Å². The molecule has 0 unspecified atom stereocenters. The number of benzene rings is 1. The van der Waals surface area contributed by atoms with Crippen molar-refractivity contribution in [2.24, 2.45) is 0 Å². The van der Waals surface area contributed by atoms with Crippen LogP contribution in [0.25, 0.3) is 0 Å². The van der Waals surface area contributed by atoms with Crippen LogP contribution in [0.5, 0.6) is 0 Å². The number of anilines is 1. The lowest BCUT2D eigenvalue weighted by atomic mass is 9.95. The van der Waals surface area contributed by atoms with E-state index in [2.05, 4.69) is 36.8 Å². The molecule has 1 fully saturated rings. The molecule has 1 aliphatic carbocycles. The molecule has 0 radical (unpaired) electrons. The monoisotopic (exact) mass is 454 g/mol. The van der Waals surface area contributed by atoms with Gasteiger partial charge in [0.05, 0.1) is 11.3 Å². The van der Waals surface area contributed by atoms with Gasteiger partial charge in [-0.05, 0) is 40.9 Å². The lowest BCUT2D eigenvalue weighted by Crippen LogP contribution is -2.37. The number of carbonyl (C=O) groups excluding carboxylic acids is 2. The van der Waals surface area contributed by atoms with Gasteiger partial charge in [0.1, 0.15) is 0 Å². The maximum absolute atomic E-state index is 12.3. The van der Waals surface area contributed by atoms with Crippen molar-refractivity contribution in [3.63, 3.8) is 0 Å². The highest BCUT2D eigenvalue weighted by atomic mass is 79.9. The number of nitrogens with zero attached hydrogens (tertiary/aromatic N) is 2. The van der Waals surface area contributed by atoms with Gasteiger partial charge in [-0.2, -0.15) is 0 Å². The molecule has 9 heteroatoms. The van der Waals surface area contributed by atoms with Crippen LogP contribution < -0.4 is 10.6 Å². The number of halogens is 1. The zero-order valence-corrected chi connectivity index (χ0v) is 17.3. The molecular weight excluding hydrogens is 436 g/mol. The molecule has 1 aromatic carbocycles. The highest BCUT2D eigenvalue weighted by Crippen LogP contribution is 2.26. The largest absolute Gasteiger partial charge is 0.353 e. The molecule has 1 saturated carbocycles. The molecule has 26 heavy (non-hydrogen) atoms. The third-order valence-corrected chi connectivity index (χ3v) is 6.71. The summed E-state index contributed by atoms with van der Waals surface area (Å²) in [5.74, 6) is 0.0830. The molecule has 2 N–H and O–H groups in total. The Balaban J connectivity index is 1.47. The number of hydrogen-bond donors (Lipinski definition) is 2. The van der Waals surface area contributed by atoms with Gasteiger partial charge in [-0.25, -0.2) is 0 Å². The van der Waals surface area contributed by atoms with E-state index in [1.54, 1.807) is 18.2 Å². The minimum absolute atomic E-state index is 0.0240. The van der Waals surface area contributed by atoms with Gasteiger partial charge in [-0.15, -0.1) is 10.2 Å². The average molecular weight is 455 g/mol. The maximum atomic E-state index is 12.3. The van der Waals surface area contributed by atoms with Gasteiger partial charge >= 0.3 is 0 Å². The highest BCUT2D eigenvalue weighted by molar-refractivity contribution is 9.10. The molecule has 138 valence electrons. The van der Waals surface area contributed by atoms with Crippen molar-refractivity contribution >= 4 is 56.0 Å². The van der Waals surface area contributed by atoms with Crippen molar-refractivity contribution in [3.8, 4) is 0 Å². The van der Waals surface area contributed by atoms with Gasteiger partial charge in [0.15, 0.2) is 4.34 Å². The molecular formula is C17H19BrN4O2S2. The zero-order valence-electron chi connectivity index (χ0n) is 14.0. The lowest BCUT2D eigenvalue weighted by molar-refractivity contribution is -0.119. The summed E-state index contributed by atoms with van der Waals surface area (Å²) in [4.78, 5) is 24.3. The minimum Gasteiger partial charge on any atom is -0.353 e. The second kappa shape index (κ2) is 9.48. The van der Waals surface area contributed by atoms with Crippen molar-refractivity contribution in [2.75, 3.05) is 11.1 Å². The summed E-state index contributed by atoms with van der Waals surface area (Å²) in [5.41, 5.74) is 0.531. The van der Waals surface area contributed by atoms with Crippen molar-refractivity contribution in [2.45, 2.75) is 42.5 Å². The van der Waals surface area contributed by atoms with Gasteiger partial charge in [-0.1, -0.05) is 54.5 Å². The number of amides is 2. The Morgan fingerprint density at radius 1 is 1.19 bits per heavy atom. The molecule has 0 saturated heterocycles. The smallest absolute Gasteiger partial charge is 0.258 e. The van der Waals surface area contributed by atoms with Crippen molar-refractivity contribution in [1.82, 2.24) is 15.5 Å². The minimum atomic E-state index is -0.250. The fraction of sp³-hybridized carbons (Fsp3) is 0.412. The Hall–Kier alpha value is -1.45. The fourth-order valence-electron chi connectivity index (χ4n) is 2.77. The molecule has 1 aromatic heterocycles. The van der Waals surface area contributed by atoms with E-state index in [0.717, 1.165) is 17.3 Å². The molecule has 2 amide bonds. The van der Waals surface area contributed by atoms with Crippen LogP contribution in [0.2, 0.25) is 0 Å². The number of carbonyl (C=O) groups is 2. The van der Waals surface area contributed by atoms with Gasteiger partial charge < -0.3 is 5.32 Å². The standard InChI is InChI=1S/C17H19BrN4O2S2/c18-13-9-5-4-8-12(13)15(24)20-16-21-22-17(26-16)25-10-14(23)19-11-6-2-1-3-7-11/h4-5,8-9,11H,1-3,6-7,10H2,(H,19,23)(H,20,21,24). The first-order valence-electron chi connectivity index (χ1n) is 8.43. The summed E-state index contributed by atoms with van der Waals surface area (Å²) in [6.07, 6.45) is 5.78. The molecule has 3 rings (SSSR count). The zero-order chi connectivity index (χ0) is 18.4. The van der Waals surface area contributed by atoms with Crippen LogP contribution in [0.3, 0.4) is 0 Å². The van der Waals surface area contributed by atoms with E-state index >= 15 is 0 Å². The van der Waals surface area contributed by atoms with Crippen LogP contribution in [0.15, 0.2) is 33.1 Å². The van der Waals surface area contributed by atoms with E-state index in [1.165, 1.54) is 42.4 Å². The third-order valence-electron chi connectivity index (χ3n) is 4.04. The maximum Gasteiger partial charge on any atom is 0.258 e. The normalized spacial score (nSPS) is 14.8. The van der Waals surface area contributed by atoms with Gasteiger partial charge in [0, 0.05) is 10.5 Å².